The lowest BCUT2D eigenvalue weighted by atomic mass is 10.2. The highest BCUT2D eigenvalue weighted by Gasteiger charge is 2.19. The first-order chi connectivity index (χ1) is 5.65. The highest BCUT2D eigenvalue weighted by molar-refractivity contribution is 5.99. The lowest BCUT2D eigenvalue weighted by Crippen LogP contribution is -2.30. The van der Waals surface area contributed by atoms with Gasteiger partial charge in [0.15, 0.2) is 6.29 Å². The number of nitrogens with zero attached hydrogens (tertiary/aromatic N) is 2. The van der Waals surface area contributed by atoms with Crippen molar-refractivity contribution in [3.05, 3.63) is 5.21 Å². The standard InChI is InChI=1S/C7H12N2O3/c1-5-8-6(9(5)11)3-4-7(10)12-2/h7,10H,3-4H2,1-2H3. The van der Waals surface area contributed by atoms with Crippen LogP contribution in [0.4, 0.5) is 0 Å². The molecule has 0 amide bonds. The Morgan fingerprint density at radius 2 is 2.42 bits per heavy atom. The molecule has 1 N–H and O–H groups in total. The zero-order valence-corrected chi connectivity index (χ0v) is 7.15. The highest BCUT2D eigenvalue weighted by atomic mass is 16.6. The molecular weight excluding hydrogens is 160 g/mol. The first-order valence-corrected chi connectivity index (χ1v) is 3.74. The van der Waals surface area contributed by atoms with Crippen molar-refractivity contribution in [1.82, 2.24) is 0 Å². The van der Waals surface area contributed by atoms with Crippen molar-refractivity contribution < 1.29 is 14.6 Å². The van der Waals surface area contributed by atoms with Crippen LogP contribution in [0.15, 0.2) is 4.99 Å². The zero-order chi connectivity index (χ0) is 9.14. The Morgan fingerprint density at radius 1 is 1.75 bits per heavy atom. The monoisotopic (exact) mass is 172 g/mol. The summed E-state index contributed by atoms with van der Waals surface area (Å²) in [6, 6.07) is 0. The molecule has 12 heavy (non-hydrogen) atoms. The summed E-state index contributed by atoms with van der Waals surface area (Å²) in [6.07, 6.45) is 0.0546. The van der Waals surface area contributed by atoms with Crippen LogP contribution in [0.25, 0.3) is 0 Å². The molecule has 5 nitrogen and oxygen atoms in total. The van der Waals surface area contributed by atoms with Crippen LogP contribution in [-0.2, 0) is 4.74 Å². The number of rotatable bonds is 4. The van der Waals surface area contributed by atoms with E-state index in [1.54, 1.807) is 6.92 Å². The van der Waals surface area contributed by atoms with Gasteiger partial charge in [0.2, 0.25) is 11.7 Å². The lowest BCUT2D eigenvalue weighted by Gasteiger charge is -2.19. The molecule has 1 rings (SSSR count). The maximum Gasteiger partial charge on any atom is 0.242 e. The first-order valence-electron chi connectivity index (χ1n) is 3.74. The zero-order valence-electron chi connectivity index (χ0n) is 7.15. The van der Waals surface area contributed by atoms with Gasteiger partial charge in [0.25, 0.3) is 0 Å². The number of ether oxygens (including phenoxy) is 1. The minimum absolute atomic E-state index is 0.404. The molecule has 0 aliphatic carbocycles. The maximum atomic E-state index is 10.9. The summed E-state index contributed by atoms with van der Waals surface area (Å²) >= 11 is 0. The molecule has 0 saturated carbocycles. The second-order valence-corrected chi connectivity index (χ2v) is 2.60. The predicted octanol–water partition coefficient (Wildman–Crippen LogP) is 0.0722. The van der Waals surface area contributed by atoms with Crippen molar-refractivity contribution in [2.75, 3.05) is 7.11 Å². The number of methoxy groups -OCH3 is 1. The normalized spacial score (nSPS) is 18.8. The van der Waals surface area contributed by atoms with E-state index in [1.807, 2.05) is 0 Å². The molecule has 1 heterocycles. The van der Waals surface area contributed by atoms with E-state index in [9.17, 15) is 5.21 Å². The van der Waals surface area contributed by atoms with Crippen molar-refractivity contribution >= 4 is 11.7 Å². The van der Waals surface area contributed by atoms with Gasteiger partial charge in [-0.2, -0.15) is 0 Å². The van der Waals surface area contributed by atoms with Crippen molar-refractivity contribution in [3.8, 4) is 0 Å². The van der Waals surface area contributed by atoms with Gasteiger partial charge in [-0.25, -0.2) is 4.74 Å². The van der Waals surface area contributed by atoms with Crippen LogP contribution in [-0.4, -0.2) is 34.9 Å². The smallest absolute Gasteiger partial charge is 0.242 e. The Hall–Kier alpha value is -0.940. The molecule has 0 bridgehead atoms. The Kier molecular flexibility index (Phi) is 2.78. The average molecular weight is 172 g/mol. The van der Waals surface area contributed by atoms with Gasteiger partial charge >= 0.3 is 0 Å². The largest absolute Gasteiger partial charge is 0.740 e. The van der Waals surface area contributed by atoms with Crippen LogP contribution in [0.1, 0.15) is 19.8 Å². The van der Waals surface area contributed by atoms with Gasteiger partial charge in [0.05, 0.1) is 0 Å². The summed E-state index contributed by atoms with van der Waals surface area (Å²) in [5, 5.41) is 19.9. The Morgan fingerprint density at radius 3 is 2.83 bits per heavy atom. The molecule has 0 spiro atoms. The number of hydrogen-bond acceptors (Lipinski definition) is 4. The topological polar surface area (TPSA) is 67.9 Å². The molecule has 0 aromatic heterocycles. The van der Waals surface area contributed by atoms with Crippen LogP contribution in [0, 0.1) is 5.21 Å². The Labute approximate surface area is 70.6 Å². The molecule has 0 radical (unpaired) electrons. The van der Waals surface area contributed by atoms with E-state index >= 15 is 0 Å². The third-order valence-corrected chi connectivity index (χ3v) is 1.71. The molecule has 1 aliphatic rings. The fourth-order valence-corrected chi connectivity index (χ4v) is 0.948. The Bertz CT molecular complexity index is 235. The van der Waals surface area contributed by atoms with Crippen LogP contribution >= 0.6 is 0 Å². The van der Waals surface area contributed by atoms with Gasteiger partial charge in [0.1, 0.15) is 0 Å². The Balaban J connectivity index is 2.26. The molecular formula is C7H12N2O3. The number of aliphatic imine (C=N–C) groups is 1. The van der Waals surface area contributed by atoms with Gasteiger partial charge in [0, 0.05) is 26.9 Å². The highest BCUT2D eigenvalue weighted by Crippen LogP contribution is 2.06. The van der Waals surface area contributed by atoms with E-state index in [2.05, 4.69) is 9.73 Å². The van der Waals surface area contributed by atoms with E-state index in [1.165, 1.54) is 7.11 Å². The fourth-order valence-electron chi connectivity index (χ4n) is 0.948. The number of amidine groups is 2. The molecule has 1 atom stereocenters. The molecule has 1 aliphatic heterocycles. The van der Waals surface area contributed by atoms with Crippen molar-refractivity contribution in [2.24, 2.45) is 4.99 Å². The van der Waals surface area contributed by atoms with Gasteiger partial charge < -0.3 is 15.1 Å². The SMILES string of the molecule is COC(O)CCC1=[N+]([O-])C(C)=N1. The van der Waals surface area contributed by atoms with E-state index in [0.29, 0.717) is 24.5 Å². The second-order valence-electron chi connectivity index (χ2n) is 2.60. The number of hydrogen-bond donors (Lipinski definition) is 1. The first kappa shape index (κ1) is 9.15. The van der Waals surface area contributed by atoms with E-state index in [0.717, 1.165) is 4.74 Å². The van der Waals surface area contributed by atoms with Gasteiger partial charge in [-0.1, -0.05) is 4.99 Å². The number of aliphatic hydroxyl groups is 1. The summed E-state index contributed by atoms with van der Waals surface area (Å²) in [5.74, 6) is 0.931. The van der Waals surface area contributed by atoms with Crippen molar-refractivity contribution in [3.63, 3.8) is 0 Å². The average Bonchev–Trinajstić information content (AvgIpc) is 2.10. The summed E-state index contributed by atoms with van der Waals surface area (Å²) in [6.45, 7) is 1.64. The van der Waals surface area contributed by atoms with Crippen molar-refractivity contribution in [1.29, 1.82) is 0 Å². The molecule has 0 fully saturated rings. The van der Waals surface area contributed by atoms with Crippen LogP contribution in [0.5, 0.6) is 0 Å². The van der Waals surface area contributed by atoms with Crippen LogP contribution < -0.4 is 0 Å². The van der Waals surface area contributed by atoms with Gasteiger partial charge in [-0.05, 0) is 0 Å². The molecule has 5 heteroatoms. The van der Waals surface area contributed by atoms with Crippen LogP contribution in [0.2, 0.25) is 0 Å². The van der Waals surface area contributed by atoms with Gasteiger partial charge in [-0.15, -0.1) is 0 Å². The van der Waals surface area contributed by atoms with E-state index in [4.69, 9.17) is 5.11 Å². The van der Waals surface area contributed by atoms with Crippen molar-refractivity contribution in [2.45, 2.75) is 26.1 Å². The second kappa shape index (κ2) is 3.64. The third-order valence-electron chi connectivity index (χ3n) is 1.71. The number of aliphatic hydroxyl groups excluding tert-OH is 1. The quantitative estimate of drug-likeness (QED) is 0.370. The summed E-state index contributed by atoms with van der Waals surface area (Å²) in [7, 11) is 1.42. The molecule has 68 valence electrons. The van der Waals surface area contributed by atoms with E-state index in [-0.39, 0.29) is 0 Å². The molecule has 0 aromatic rings. The number of hydroxylamine groups is 1. The predicted molar refractivity (Wildman–Crippen MR) is 44.0 cm³/mol. The summed E-state index contributed by atoms with van der Waals surface area (Å²) < 4.78 is 5.37. The van der Waals surface area contributed by atoms with E-state index < -0.39 is 6.29 Å². The minimum atomic E-state index is -0.804. The molecule has 0 aromatic carbocycles. The molecule has 1 unspecified atom stereocenters. The van der Waals surface area contributed by atoms with Gasteiger partial charge in [-0.3, -0.25) is 0 Å². The summed E-state index contributed by atoms with van der Waals surface area (Å²) in [5.41, 5.74) is 0. The van der Waals surface area contributed by atoms with Crippen LogP contribution in [0.3, 0.4) is 0 Å². The lowest BCUT2D eigenvalue weighted by molar-refractivity contribution is -0.343. The maximum absolute atomic E-state index is 10.9. The molecule has 0 saturated heterocycles. The summed E-state index contributed by atoms with van der Waals surface area (Å²) in [4.78, 5) is 3.89. The minimum Gasteiger partial charge on any atom is -0.740 e. The third kappa shape index (κ3) is 1.80. The fraction of sp³-hybridized carbons (Fsp3) is 0.714.